The van der Waals surface area contributed by atoms with Gasteiger partial charge in [0.25, 0.3) is 5.91 Å². The van der Waals surface area contributed by atoms with Gasteiger partial charge in [0.2, 0.25) is 5.91 Å². The maximum absolute atomic E-state index is 12.4. The first-order valence-corrected chi connectivity index (χ1v) is 8.79. The van der Waals surface area contributed by atoms with E-state index in [1.807, 2.05) is 19.1 Å². The van der Waals surface area contributed by atoms with Crippen LogP contribution in [-0.4, -0.2) is 25.5 Å². The summed E-state index contributed by atoms with van der Waals surface area (Å²) in [7, 11) is 1.59. The lowest BCUT2D eigenvalue weighted by molar-refractivity contribution is -0.121. The van der Waals surface area contributed by atoms with Crippen LogP contribution in [0.25, 0.3) is 12.2 Å². The van der Waals surface area contributed by atoms with E-state index in [1.54, 1.807) is 37.5 Å². The molecule has 2 aromatic rings. The lowest BCUT2D eigenvalue weighted by Gasteiger charge is -2.09. The van der Waals surface area contributed by atoms with Gasteiger partial charge in [0, 0.05) is 18.7 Å². The zero-order valence-corrected chi connectivity index (χ0v) is 15.5. The Bertz CT molecular complexity index is 790. The lowest BCUT2D eigenvalue weighted by atomic mass is 10.2. The van der Waals surface area contributed by atoms with Gasteiger partial charge in [0.05, 0.1) is 13.4 Å². The van der Waals surface area contributed by atoms with Gasteiger partial charge in [0.1, 0.15) is 17.2 Å². The molecule has 1 aromatic heterocycles. The maximum atomic E-state index is 12.4. The minimum atomic E-state index is -0.408. The summed E-state index contributed by atoms with van der Waals surface area (Å²) in [6, 6.07) is 10.7. The molecule has 0 spiro atoms. The predicted octanol–water partition coefficient (Wildman–Crippen LogP) is 3.38. The molecule has 142 valence electrons. The summed E-state index contributed by atoms with van der Waals surface area (Å²) < 4.78 is 10.3. The first-order valence-electron chi connectivity index (χ1n) is 8.79. The molecule has 0 atom stereocenters. The third-order valence-corrected chi connectivity index (χ3v) is 3.69. The molecule has 0 fully saturated rings. The largest absolute Gasteiger partial charge is 0.497 e. The summed E-state index contributed by atoms with van der Waals surface area (Å²) in [5.74, 6) is 0.458. The van der Waals surface area contributed by atoms with Crippen LogP contribution in [0.1, 0.15) is 31.1 Å². The van der Waals surface area contributed by atoms with Gasteiger partial charge in [0.15, 0.2) is 0 Å². The zero-order chi connectivity index (χ0) is 19.5. The Labute approximate surface area is 158 Å². The number of amides is 2. The minimum absolute atomic E-state index is 0.130. The predicted molar refractivity (Wildman–Crippen MR) is 105 cm³/mol. The Hall–Kier alpha value is -3.28. The smallest absolute Gasteiger partial charge is 0.267 e. The molecule has 0 aliphatic heterocycles. The fourth-order valence-corrected chi connectivity index (χ4v) is 2.21. The highest BCUT2D eigenvalue weighted by Crippen LogP contribution is 2.12. The van der Waals surface area contributed by atoms with E-state index in [-0.39, 0.29) is 11.6 Å². The van der Waals surface area contributed by atoms with Crippen molar-refractivity contribution in [3.8, 4) is 5.75 Å². The minimum Gasteiger partial charge on any atom is -0.497 e. The fourth-order valence-electron chi connectivity index (χ4n) is 2.21. The number of carbonyl (C=O) groups excluding carboxylic acids is 2. The van der Waals surface area contributed by atoms with Crippen LogP contribution >= 0.6 is 0 Å². The third-order valence-electron chi connectivity index (χ3n) is 3.69. The maximum Gasteiger partial charge on any atom is 0.267 e. The number of rotatable bonds is 9. The van der Waals surface area contributed by atoms with Crippen molar-refractivity contribution >= 4 is 24.0 Å². The molecule has 0 unspecified atom stereocenters. The second kappa shape index (κ2) is 10.7. The molecule has 0 saturated heterocycles. The van der Waals surface area contributed by atoms with Crippen LogP contribution in [0.15, 0.2) is 58.9 Å². The number of furan rings is 1. The Balaban J connectivity index is 2.05. The molecule has 1 aromatic carbocycles. The molecule has 2 rings (SSSR count). The summed E-state index contributed by atoms with van der Waals surface area (Å²) in [6.07, 6.45) is 7.87. The average molecular weight is 368 g/mol. The van der Waals surface area contributed by atoms with Gasteiger partial charge in [-0.25, -0.2) is 0 Å². The SMILES string of the molecule is CCCCNC(=O)C(=Cc1ccco1)NC(=O)C=Cc1ccc(OC)cc1. The normalized spacial score (nSPS) is 11.4. The quantitative estimate of drug-likeness (QED) is 0.525. The van der Waals surface area contributed by atoms with Gasteiger partial charge in [-0.1, -0.05) is 25.5 Å². The van der Waals surface area contributed by atoms with E-state index >= 15 is 0 Å². The standard InChI is InChI=1S/C21H24N2O4/c1-3-4-13-22-21(25)19(15-18-6-5-14-27-18)23-20(24)12-9-16-7-10-17(26-2)11-8-16/h5-12,14-15H,3-4,13H2,1-2H3,(H,22,25)(H,23,24). The third kappa shape index (κ3) is 6.86. The second-order valence-electron chi connectivity index (χ2n) is 5.78. The summed E-state index contributed by atoms with van der Waals surface area (Å²) >= 11 is 0. The lowest BCUT2D eigenvalue weighted by Crippen LogP contribution is -2.34. The molecule has 27 heavy (non-hydrogen) atoms. The van der Waals surface area contributed by atoms with Crippen molar-refractivity contribution in [2.45, 2.75) is 19.8 Å². The highest BCUT2D eigenvalue weighted by molar-refractivity contribution is 6.04. The van der Waals surface area contributed by atoms with Crippen LogP contribution in [0, 0.1) is 0 Å². The van der Waals surface area contributed by atoms with Crippen molar-refractivity contribution in [1.29, 1.82) is 0 Å². The highest BCUT2D eigenvalue weighted by atomic mass is 16.5. The molecule has 2 N–H and O–H groups in total. The van der Waals surface area contributed by atoms with Crippen LogP contribution < -0.4 is 15.4 Å². The zero-order valence-electron chi connectivity index (χ0n) is 15.5. The monoisotopic (exact) mass is 368 g/mol. The van der Waals surface area contributed by atoms with Gasteiger partial charge in [-0.05, 0) is 42.3 Å². The van der Waals surface area contributed by atoms with Crippen LogP contribution in [0.5, 0.6) is 5.75 Å². The molecule has 0 aliphatic carbocycles. The van der Waals surface area contributed by atoms with Gasteiger partial charge >= 0.3 is 0 Å². The number of hydrogen-bond donors (Lipinski definition) is 2. The molecular formula is C21H24N2O4. The van der Waals surface area contributed by atoms with Crippen molar-refractivity contribution in [3.63, 3.8) is 0 Å². The van der Waals surface area contributed by atoms with Crippen LogP contribution in [0.3, 0.4) is 0 Å². The molecule has 6 nitrogen and oxygen atoms in total. The first-order chi connectivity index (χ1) is 13.1. The summed E-state index contributed by atoms with van der Waals surface area (Å²) in [5, 5.41) is 5.40. The molecular weight excluding hydrogens is 344 g/mol. The Morgan fingerprint density at radius 3 is 2.59 bits per heavy atom. The number of unbranched alkanes of at least 4 members (excludes halogenated alkanes) is 1. The second-order valence-corrected chi connectivity index (χ2v) is 5.78. The molecule has 0 bridgehead atoms. The van der Waals surface area contributed by atoms with Gasteiger partial charge < -0.3 is 19.8 Å². The number of benzene rings is 1. The average Bonchev–Trinajstić information content (AvgIpc) is 3.19. The topological polar surface area (TPSA) is 80.6 Å². The van der Waals surface area contributed by atoms with Crippen LogP contribution in [-0.2, 0) is 9.59 Å². The van der Waals surface area contributed by atoms with E-state index in [4.69, 9.17) is 9.15 Å². The Morgan fingerprint density at radius 2 is 1.96 bits per heavy atom. The van der Waals surface area contributed by atoms with Crippen LogP contribution in [0.2, 0.25) is 0 Å². The molecule has 0 saturated carbocycles. The van der Waals surface area contributed by atoms with Gasteiger partial charge in [-0.2, -0.15) is 0 Å². The number of nitrogens with one attached hydrogen (secondary N) is 2. The van der Waals surface area contributed by atoms with Gasteiger partial charge in [-0.15, -0.1) is 0 Å². The van der Waals surface area contributed by atoms with Crippen molar-refractivity contribution in [3.05, 3.63) is 65.8 Å². The van der Waals surface area contributed by atoms with Gasteiger partial charge in [-0.3, -0.25) is 9.59 Å². The summed E-state index contributed by atoms with van der Waals surface area (Å²) in [4.78, 5) is 24.6. The Kier molecular flexibility index (Phi) is 7.91. The van der Waals surface area contributed by atoms with Crippen molar-refractivity contribution in [2.24, 2.45) is 0 Å². The highest BCUT2D eigenvalue weighted by Gasteiger charge is 2.12. The Morgan fingerprint density at radius 1 is 1.19 bits per heavy atom. The molecule has 2 amide bonds. The number of ether oxygens (including phenoxy) is 1. The van der Waals surface area contributed by atoms with E-state index < -0.39 is 5.91 Å². The number of methoxy groups -OCH3 is 1. The molecule has 1 heterocycles. The van der Waals surface area contributed by atoms with E-state index in [2.05, 4.69) is 10.6 Å². The van der Waals surface area contributed by atoms with E-state index in [0.717, 1.165) is 24.2 Å². The molecule has 0 aliphatic rings. The molecule has 0 radical (unpaired) electrons. The summed E-state index contributed by atoms with van der Waals surface area (Å²) in [5.41, 5.74) is 0.973. The van der Waals surface area contributed by atoms with E-state index in [1.165, 1.54) is 18.4 Å². The van der Waals surface area contributed by atoms with Crippen LogP contribution in [0.4, 0.5) is 0 Å². The van der Waals surface area contributed by atoms with E-state index in [9.17, 15) is 9.59 Å². The fraction of sp³-hybridized carbons (Fsp3) is 0.238. The van der Waals surface area contributed by atoms with Crippen molar-refractivity contribution in [2.75, 3.05) is 13.7 Å². The van der Waals surface area contributed by atoms with Crippen molar-refractivity contribution in [1.82, 2.24) is 10.6 Å². The van der Waals surface area contributed by atoms with Crippen molar-refractivity contribution < 1.29 is 18.7 Å². The number of hydrogen-bond acceptors (Lipinski definition) is 4. The van der Waals surface area contributed by atoms with E-state index in [0.29, 0.717) is 12.3 Å². The number of carbonyl (C=O) groups is 2. The molecule has 6 heteroatoms. The first kappa shape index (κ1) is 20.0. The summed E-state index contributed by atoms with van der Waals surface area (Å²) in [6.45, 7) is 2.58.